The molecule has 0 saturated carbocycles. The van der Waals surface area contributed by atoms with Crippen molar-refractivity contribution in [2.24, 2.45) is 0 Å². The molecular formula is C17H19N3O4S. The van der Waals surface area contributed by atoms with Crippen LogP contribution in [0, 0.1) is 0 Å². The minimum absolute atomic E-state index is 0.116. The van der Waals surface area contributed by atoms with Gasteiger partial charge in [-0.05, 0) is 55.0 Å². The fraction of sp³-hybridized carbons (Fsp3) is 0.294. The molecule has 0 atom stereocenters. The Hall–Kier alpha value is -2.45. The molecule has 1 aromatic carbocycles. The van der Waals surface area contributed by atoms with E-state index in [1.54, 1.807) is 24.3 Å². The van der Waals surface area contributed by atoms with Crippen LogP contribution in [0.4, 0.5) is 0 Å². The summed E-state index contributed by atoms with van der Waals surface area (Å²) in [6, 6.07) is 9.53. The Morgan fingerprint density at radius 2 is 1.84 bits per heavy atom. The fourth-order valence-electron chi connectivity index (χ4n) is 2.85. The first-order chi connectivity index (χ1) is 12.0. The van der Waals surface area contributed by atoms with Gasteiger partial charge in [-0.1, -0.05) is 12.1 Å². The van der Waals surface area contributed by atoms with E-state index in [0.29, 0.717) is 0 Å². The van der Waals surface area contributed by atoms with Crippen LogP contribution in [0.5, 0.6) is 0 Å². The van der Waals surface area contributed by atoms with Crippen molar-refractivity contribution >= 4 is 15.9 Å². The first kappa shape index (κ1) is 17.4. The normalized spacial score (nSPS) is 13.9. The number of pyridine rings is 1. The Balaban J connectivity index is 1.66. The van der Waals surface area contributed by atoms with Gasteiger partial charge in [0, 0.05) is 12.3 Å². The molecular weight excluding hydrogens is 342 g/mol. The van der Waals surface area contributed by atoms with E-state index in [9.17, 15) is 18.0 Å². The van der Waals surface area contributed by atoms with Gasteiger partial charge in [0.2, 0.25) is 0 Å². The number of hydrazine groups is 1. The number of aromatic nitrogens is 1. The second kappa shape index (κ2) is 7.20. The SMILES string of the molecule is O=C(Cn1ccccc1=O)NNS(=O)(=O)c1ccc2c(c1)CCCC2. The van der Waals surface area contributed by atoms with Gasteiger partial charge in [0.15, 0.2) is 0 Å². The minimum atomic E-state index is -3.86. The number of rotatable bonds is 5. The van der Waals surface area contributed by atoms with E-state index in [0.717, 1.165) is 31.2 Å². The van der Waals surface area contributed by atoms with Gasteiger partial charge in [0.25, 0.3) is 21.5 Å². The third kappa shape index (κ3) is 4.15. The van der Waals surface area contributed by atoms with E-state index in [4.69, 9.17) is 0 Å². The lowest BCUT2D eigenvalue weighted by atomic mass is 9.92. The van der Waals surface area contributed by atoms with E-state index in [-0.39, 0.29) is 17.0 Å². The number of carbonyl (C=O) groups is 1. The third-order valence-corrected chi connectivity index (χ3v) is 5.41. The molecule has 0 fully saturated rings. The van der Waals surface area contributed by atoms with E-state index >= 15 is 0 Å². The number of hydrogen-bond acceptors (Lipinski definition) is 4. The van der Waals surface area contributed by atoms with Gasteiger partial charge in [0.1, 0.15) is 6.54 Å². The Kier molecular flexibility index (Phi) is 5.00. The molecule has 1 amide bonds. The molecule has 2 N–H and O–H groups in total. The number of amides is 1. The molecule has 0 saturated heterocycles. The van der Waals surface area contributed by atoms with Crippen LogP contribution in [0.2, 0.25) is 0 Å². The van der Waals surface area contributed by atoms with E-state index in [2.05, 4.69) is 10.3 Å². The van der Waals surface area contributed by atoms with Crippen molar-refractivity contribution in [3.05, 3.63) is 64.1 Å². The van der Waals surface area contributed by atoms with Crippen LogP contribution < -0.4 is 15.8 Å². The summed E-state index contributed by atoms with van der Waals surface area (Å²) in [4.78, 5) is 25.6. The number of sulfonamides is 1. The minimum Gasteiger partial charge on any atom is -0.306 e. The number of nitrogens with one attached hydrogen (secondary N) is 2. The van der Waals surface area contributed by atoms with E-state index in [1.807, 2.05) is 6.07 Å². The number of aryl methyl sites for hydroxylation is 2. The molecule has 0 bridgehead atoms. The molecule has 0 aliphatic heterocycles. The number of hydrogen-bond donors (Lipinski definition) is 2. The molecule has 2 aromatic rings. The van der Waals surface area contributed by atoms with E-state index < -0.39 is 15.9 Å². The third-order valence-electron chi connectivity index (χ3n) is 4.17. The quantitative estimate of drug-likeness (QED) is 0.768. The highest BCUT2D eigenvalue weighted by atomic mass is 32.2. The molecule has 0 unspecified atom stereocenters. The summed E-state index contributed by atoms with van der Waals surface area (Å²) >= 11 is 0. The van der Waals surface area contributed by atoms with Crippen molar-refractivity contribution in [2.75, 3.05) is 0 Å². The number of nitrogens with zero attached hydrogens (tertiary/aromatic N) is 1. The van der Waals surface area contributed by atoms with Gasteiger partial charge < -0.3 is 4.57 Å². The molecule has 1 aromatic heterocycles. The Bertz CT molecular complexity index is 950. The van der Waals surface area contributed by atoms with Gasteiger partial charge in [-0.3, -0.25) is 15.0 Å². The van der Waals surface area contributed by atoms with Gasteiger partial charge in [-0.2, -0.15) is 0 Å². The Labute approximate surface area is 145 Å². The fourth-order valence-corrected chi connectivity index (χ4v) is 3.76. The predicted molar refractivity (Wildman–Crippen MR) is 92.3 cm³/mol. The number of carbonyl (C=O) groups excluding carboxylic acids is 1. The largest absolute Gasteiger partial charge is 0.306 e. The molecule has 0 radical (unpaired) electrons. The summed E-state index contributed by atoms with van der Waals surface area (Å²) in [5, 5.41) is 0. The maximum Gasteiger partial charge on any atom is 0.257 e. The summed E-state index contributed by atoms with van der Waals surface area (Å²) < 4.78 is 25.9. The lowest BCUT2D eigenvalue weighted by Gasteiger charge is -2.17. The number of fused-ring (bicyclic) bond motifs is 1. The van der Waals surface area contributed by atoms with Crippen molar-refractivity contribution in [2.45, 2.75) is 37.1 Å². The van der Waals surface area contributed by atoms with Crippen molar-refractivity contribution in [1.29, 1.82) is 0 Å². The van der Waals surface area contributed by atoms with Crippen LogP contribution in [-0.2, 0) is 34.2 Å². The zero-order chi connectivity index (χ0) is 17.9. The highest BCUT2D eigenvalue weighted by Gasteiger charge is 2.18. The molecule has 0 spiro atoms. The van der Waals surface area contributed by atoms with Crippen molar-refractivity contribution in [3.63, 3.8) is 0 Å². The summed E-state index contributed by atoms with van der Waals surface area (Å²) in [5.41, 5.74) is 4.02. The smallest absolute Gasteiger partial charge is 0.257 e. The Morgan fingerprint density at radius 1 is 1.08 bits per heavy atom. The molecule has 3 rings (SSSR count). The second-order valence-electron chi connectivity index (χ2n) is 5.96. The Morgan fingerprint density at radius 3 is 2.60 bits per heavy atom. The van der Waals surface area contributed by atoms with Gasteiger partial charge in [-0.15, -0.1) is 4.83 Å². The summed E-state index contributed by atoms with van der Waals surface area (Å²) in [5.74, 6) is -0.630. The van der Waals surface area contributed by atoms with Gasteiger partial charge >= 0.3 is 0 Å². The molecule has 8 heteroatoms. The second-order valence-corrected chi connectivity index (χ2v) is 7.64. The zero-order valence-corrected chi connectivity index (χ0v) is 14.4. The predicted octanol–water partition coefficient (Wildman–Crippen LogP) is 0.737. The van der Waals surface area contributed by atoms with Crippen LogP contribution in [0.15, 0.2) is 52.3 Å². The van der Waals surface area contributed by atoms with Crippen LogP contribution in [0.1, 0.15) is 24.0 Å². The van der Waals surface area contributed by atoms with Crippen LogP contribution in [-0.4, -0.2) is 18.9 Å². The monoisotopic (exact) mass is 361 g/mol. The molecule has 7 nitrogen and oxygen atoms in total. The summed E-state index contributed by atoms with van der Waals surface area (Å²) in [6.07, 6.45) is 5.45. The average Bonchev–Trinajstić information content (AvgIpc) is 2.62. The van der Waals surface area contributed by atoms with Crippen molar-refractivity contribution in [3.8, 4) is 0 Å². The number of benzene rings is 1. The first-order valence-corrected chi connectivity index (χ1v) is 9.52. The van der Waals surface area contributed by atoms with Crippen LogP contribution in [0.3, 0.4) is 0 Å². The maximum absolute atomic E-state index is 12.3. The van der Waals surface area contributed by atoms with Crippen LogP contribution >= 0.6 is 0 Å². The highest BCUT2D eigenvalue weighted by Crippen LogP contribution is 2.23. The summed E-state index contributed by atoms with van der Waals surface area (Å²) in [7, 11) is -3.86. The zero-order valence-electron chi connectivity index (χ0n) is 13.6. The molecule has 132 valence electrons. The van der Waals surface area contributed by atoms with Gasteiger partial charge in [0.05, 0.1) is 4.90 Å². The van der Waals surface area contributed by atoms with Gasteiger partial charge in [-0.25, -0.2) is 8.42 Å². The van der Waals surface area contributed by atoms with Crippen LogP contribution in [0.25, 0.3) is 0 Å². The van der Waals surface area contributed by atoms with Crippen molar-refractivity contribution in [1.82, 2.24) is 14.8 Å². The topological polar surface area (TPSA) is 97.3 Å². The molecule has 25 heavy (non-hydrogen) atoms. The van der Waals surface area contributed by atoms with E-state index in [1.165, 1.54) is 22.4 Å². The van der Waals surface area contributed by atoms with Crippen molar-refractivity contribution < 1.29 is 13.2 Å². The first-order valence-electron chi connectivity index (χ1n) is 8.04. The lowest BCUT2D eigenvalue weighted by Crippen LogP contribution is -2.44. The average molecular weight is 361 g/mol. The molecule has 1 aliphatic rings. The summed E-state index contributed by atoms with van der Waals surface area (Å²) in [6.45, 7) is -0.271. The maximum atomic E-state index is 12.3. The molecule has 1 heterocycles. The lowest BCUT2D eigenvalue weighted by molar-refractivity contribution is -0.122. The standard InChI is InChI=1S/C17H19N3O4S/c21-16(12-20-10-4-3-7-17(20)22)18-19-25(23,24)15-9-8-13-5-1-2-6-14(13)11-15/h3-4,7-11,19H,1-2,5-6,12H2,(H,18,21). The highest BCUT2D eigenvalue weighted by molar-refractivity contribution is 7.89. The molecule has 1 aliphatic carbocycles.